The van der Waals surface area contributed by atoms with Crippen LogP contribution in [0.25, 0.3) is 5.76 Å². The molecule has 9 heteroatoms. The third-order valence-electron chi connectivity index (χ3n) is 5.42. The van der Waals surface area contributed by atoms with Crippen molar-refractivity contribution in [1.82, 2.24) is 19.4 Å². The van der Waals surface area contributed by atoms with Gasteiger partial charge in [0.25, 0.3) is 11.7 Å². The van der Waals surface area contributed by atoms with Gasteiger partial charge >= 0.3 is 0 Å². The lowest BCUT2D eigenvalue weighted by Gasteiger charge is -2.25. The number of aromatic nitrogens is 3. The zero-order valence-corrected chi connectivity index (χ0v) is 18.8. The quantitative estimate of drug-likeness (QED) is 0.308. The number of hydrogen-bond acceptors (Lipinski definition) is 6. The first kappa shape index (κ1) is 22.5. The highest BCUT2D eigenvalue weighted by Gasteiger charge is 2.45. The Morgan fingerprint density at radius 3 is 2.70 bits per heavy atom. The molecule has 0 radical (unpaired) electrons. The molecule has 1 N–H and O–H groups in total. The fraction of sp³-hybridized carbons (Fsp3) is 0.250. The highest BCUT2D eigenvalue weighted by Crippen LogP contribution is 2.40. The van der Waals surface area contributed by atoms with E-state index in [1.165, 1.54) is 11.0 Å². The lowest BCUT2D eigenvalue weighted by atomic mass is 9.96. The molecule has 33 heavy (non-hydrogen) atoms. The Labute approximate surface area is 196 Å². The van der Waals surface area contributed by atoms with E-state index in [1.54, 1.807) is 49.2 Å². The van der Waals surface area contributed by atoms with Gasteiger partial charge in [0.15, 0.2) is 0 Å². The molecule has 1 aliphatic heterocycles. The van der Waals surface area contributed by atoms with Crippen molar-refractivity contribution in [2.75, 3.05) is 13.2 Å². The van der Waals surface area contributed by atoms with Crippen LogP contribution >= 0.6 is 11.6 Å². The zero-order valence-electron chi connectivity index (χ0n) is 18.0. The fourth-order valence-corrected chi connectivity index (χ4v) is 4.15. The molecule has 3 aromatic rings. The highest BCUT2D eigenvalue weighted by molar-refractivity contribution is 6.46. The molecule has 170 valence electrons. The first-order valence-corrected chi connectivity index (χ1v) is 11.0. The summed E-state index contributed by atoms with van der Waals surface area (Å²) < 4.78 is 7.34. The molecule has 1 atom stereocenters. The van der Waals surface area contributed by atoms with Crippen molar-refractivity contribution >= 4 is 29.1 Å². The van der Waals surface area contributed by atoms with Gasteiger partial charge in [-0.25, -0.2) is 4.98 Å². The molecule has 0 bridgehead atoms. The Morgan fingerprint density at radius 2 is 2.03 bits per heavy atom. The number of pyridine rings is 1. The SMILES string of the molecule is CCOc1ccc(/C(O)=C2\C(=O)C(=O)N(CCCn3ccnc3)C2c2cccnc2)cc1Cl. The first-order chi connectivity index (χ1) is 16.0. The van der Waals surface area contributed by atoms with Crippen molar-refractivity contribution in [2.24, 2.45) is 0 Å². The van der Waals surface area contributed by atoms with Crippen LogP contribution in [0, 0.1) is 0 Å². The van der Waals surface area contributed by atoms with Gasteiger partial charge in [-0.1, -0.05) is 17.7 Å². The zero-order chi connectivity index (χ0) is 23.4. The largest absolute Gasteiger partial charge is 0.507 e. The van der Waals surface area contributed by atoms with Crippen LogP contribution in [0.15, 0.2) is 67.0 Å². The summed E-state index contributed by atoms with van der Waals surface area (Å²) >= 11 is 6.29. The van der Waals surface area contributed by atoms with E-state index >= 15 is 0 Å². The molecule has 2 aromatic heterocycles. The summed E-state index contributed by atoms with van der Waals surface area (Å²) in [4.78, 5) is 35.7. The Balaban J connectivity index is 1.71. The number of benzene rings is 1. The molecule has 8 nitrogen and oxygen atoms in total. The minimum Gasteiger partial charge on any atom is -0.507 e. The summed E-state index contributed by atoms with van der Waals surface area (Å²) in [7, 11) is 0. The standard InChI is InChI=1S/C24H23ClN4O4/c1-2-33-19-7-6-16(13-18(19)25)22(30)20-21(17-5-3-8-26-14-17)29(24(32)23(20)31)11-4-10-28-12-9-27-15-28/h3,5-9,12-15,21,30H,2,4,10-11H2,1H3/b22-20+. The van der Waals surface area contributed by atoms with Crippen molar-refractivity contribution in [3.8, 4) is 5.75 Å². The molecular formula is C24H23ClN4O4. The van der Waals surface area contributed by atoms with E-state index in [-0.39, 0.29) is 11.3 Å². The summed E-state index contributed by atoms with van der Waals surface area (Å²) in [5.74, 6) is -1.22. The second kappa shape index (κ2) is 9.87. The number of aliphatic hydroxyl groups excluding tert-OH is 1. The van der Waals surface area contributed by atoms with Crippen LogP contribution in [0.3, 0.4) is 0 Å². The van der Waals surface area contributed by atoms with E-state index < -0.39 is 17.7 Å². The number of carbonyl (C=O) groups excluding carboxylic acids is 2. The van der Waals surface area contributed by atoms with Crippen LogP contribution in [0.2, 0.25) is 5.02 Å². The summed E-state index contributed by atoms with van der Waals surface area (Å²) in [5, 5.41) is 11.4. The van der Waals surface area contributed by atoms with Crippen LogP contribution in [0.1, 0.15) is 30.5 Å². The second-order valence-corrected chi connectivity index (χ2v) is 7.92. The number of rotatable bonds is 8. The van der Waals surface area contributed by atoms with Crippen LogP contribution in [0.5, 0.6) is 5.75 Å². The van der Waals surface area contributed by atoms with E-state index in [2.05, 4.69) is 9.97 Å². The summed E-state index contributed by atoms with van der Waals surface area (Å²) in [5.41, 5.74) is 0.975. The van der Waals surface area contributed by atoms with Gasteiger partial charge in [0.05, 0.1) is 29.6 Å². The second-order valence-electron chi connectivity index (χ2n) is 7.51. The number of ether oxygens (including phenoxy) is 1. The molecule has 1 saturated heterocycles. The van der Waals surface area contributed by atoms with E-state index in [1.807, 2.05) is 17.7 Å². The van der Waals surface area contributed by atoms with Crippen LogP contribution in [-0.2, 0) is 16.1 Å². The molecule has 1 fully saturated rings. The Kier molecular flexibility index (Phi) is 6.74. The number of ketones is 1. The first-order valence-electron chi connectivity index (χ1n) is 10.6. The molecule has 0 saturated carbocycles. The van der Waals surface area contributed by atoms with Gasteiger partial charge in [-0.2, -0.15) is 0 Å². The highest BCUT2D eigenvalue weighted by atomic mass is 35.5. The third-order valence-corrected chi connectivity index (χ3v) is 5.72. The summed E-state index contributed by atoms with van der Waals surface area (Å²) in [6, 6.07) is 7.51. The predicted octanol–water partition coefficient (Wildman–Crippen LogP) is 3.84. The van der Waals surface area contributed by atoms with Gasteiger partial charge in [-0.05, 0) is 43.2 Å². The fourth-order valence-electron chi connectivity index (χ4n) is 3.91. The molecular weight excluding hydrogens is 444 g/mol. The number of aryl methyl sites for hydroxylation is 1. The van der Waals surface area contributed by atoms with Crippen molar-refractivity contribution in [2.45, 2.75) is 25.9 Å². The third kappa shape index (κ3) is 4.61. The molecule has 1 amide bonds. The number of hydrogen-bond donors (Lipinski definition) is 1. The normalized spacial score (nSPS) is 17.5. The van der Waals surface area contributed by atoms with Crippen molar-refractivity contribution in [3.05, 3.63) is 83.2 Å². The molecule has 4 rings (SSSR count). The Morgan fingerprint density at radius 1 is 1.18 bits per heavy atom. The number of Topliss-reactive ketones (excluding diaryl/α,β-unsaturated/α-hetero) is 1. The summed E-state index contributed by atoms with van der Waals surface area (Å²) in [6.45, 7) is 3.24. The van der Waals surface area contributed by atoms with Crippen LogP contribution in [-0.4, -0.2) is 49.4 Å². The number of imidazole rings is 1. The molecule has 1 aliphatic rings. The Hall–Kier alpha value is -3.65. The number of aliphatic hydroxyl groups is 1. The van der Waals surface area contributed by atoms with Gasteiger partial charge < -0.3 is 19.3 Å². The molecule has 0 aliphatic carbocycles. The molecule has 0 spiro atoms. The number of amides is 1. The smallest absolute Gasteiger partial charge is 0.295 e. The lowest BCUT2D eigenvalue weighted by molar-refractivity contribution is -0.139. The average Bonchev–Trinajstić information content (AvgIpc) is 3.43. The van der Waals surface area contributed by atoms with Crippen LogP contribution < -0.4 is 4.74 Å². The van der Waals surface area contributed by atoms with E-state index in [0.717, 1.165) is 0 Å². The van der Waals surface area contributed by atoms with E-state index in [9.17, 15) is 14.7 Å². The lowest BCUT2D eigenvalue weighted by Crippen LogP contribution is -2.31. The van der Waals surface area contributed by atoms with Crippen molar-refractivity contribution in [1.29, 1.82) is 0 Å². The number of likely N-dealkylation sites (tertiary alicyclic amines) is 1. The summed E-state index contributed by atoms with van der Waals surface area (Å²) in [6.07, 6.45) is 9.03. The number of nitrogens with zero attached hydrogens (tertiary/aromatic N) is 4. The topological polar surface area (TPSA) is 97.6 Å². The minimum absolute atomic E-state index is 0.0101. The van der Waals surface area contributed by atoms with E-state index in [4.69, 9.17) is 16.3 Å². The predicted molar refractivity (Wildman–Crippen MR) is 123 cm³/mol. The maximum Gasteiger partial charge on any atom is 0.295 e. The molecule has 1 unspecified atom stereocenters. The van der Waals surface area contributed by atoms with Crippen molar-refractivity contribution in [3.63, 3.8) is 0 Å². The van der Waals surface area contributed by atoms with Crippen molar-refractivity contribution < 1.29 is 19.4 Å². The Bertz CT molecular complexity index is 1180. The maximum absolute atomic E-state index is 13.1. The number of carbonyl (C=O) groups is 2. The van der Waals surface area contributed by atoms with Gasteiger partial charge in [0.1, 0.15) is 11.5 Å². The van der Waals surface area contributed by atoms with Gasteiger partial charge in [0, 0.05) is 43.4 Å². The van der Waals surface area contributed by atoms with E-state index in [0.29, 0.717) is 48.0 Å². The molecule has 3 heterocycles. The monoisotopic (exact) mass is 466 g/mol. The minimum atomic E-state index is -0.758. The number of halogens is 1. The maximum atomic E-state index is 13.1. The molecule has 1 aromatic carbocycles. The van der Waals surface area contributed by atoms with Gasteiger partial charge in [-0.15, -0.1) is 0 Å². The van der Waals surface area contributed by atoms with Crippen LogP contribution in [0.4, 0.5) is 0 Å². The van der Waals surface area contributed by atoms with Gasteiger partial charge in [0.2, 0.25) is 0 Å². The van der Waals surface area contributed by atoms with Gasteiger partial charge in [-0.3, -0.25) is 14.6 Å². The average molecular weight is 467 g/mol.